The highest BCUT2D eigenvalue weighted by atomic mass is 32.1. The normalized spacial score (nSPS) is 11.7. The van der Waals surface area contributed by atoms with Crippen LogP contribution in [0.1, 0.15) is 17.1 Å². The van der Waals surface area contributed by atoms with Gasteiger partial charge in [-0.15, -0.1) is 11.3 Å². The van der Waals surface area contributed by atoms with E-state index in [9.17, 15) is 4.79 Å². The van der Waals surface area contributed by atoms with Crippen molar-refractivity contribution in [3.05, 3.63) is 41.1 Å². The molecule has 1 N–H and O–H groups in total. The van der Waals surface area contributed by atoms with Crippen LogP contribution in [0.5, 0.6) is 0 Å². The third kappa shape index (κ3) is 1.92. The highest BCUT2D eigenvalue weighted by Gasteiger charge is 2.15. The van der Waals surface area contributed by atoms with Gasteiger partial charge < -0.3 is 5.11 Å². The van der Waals surface area contributed by atoms with E-state index in [0.29, 0.717) is 5.82 Å². The van der Waals surface area contributed by atoms with Gasteiger partial charge in [-0.3, -0.25) is 8.97 Å². The van der Waals surface area contributed by atoms with Crippen molar-refractivity contribution in [2.24, 2.45) is 0 Å². The summed E-state index contributed by atoms with van der Waals surface area (Å²) in [5, 5.41) is 10.7. The number of nitrogens with zero attached hydrogens (tertiary/aromatic N) is 4. The van der Waals surface area contributed by atoms with Crippen molar-refractivity contribution >= 4 is 28.3 Å². The molecule has 0 bridgehead atoms. The highest BCUT2D eigenvalue weighted by molar-refractivity contribution is 7.15. The summed E-state index contributed by atoms with van der Waals surface area (Å²) in [6, 6.07) is 0. The first-order chi connectivity index (χ1) is 9.58. The summed E-state index contributed by atoms with van der Waals surface area (Å²) in [7, 11) is 0. The molecule has 0 spiro atoms. The van der Waals surface area contributed by atoms with Crippen molar-refractivity contribution in [2.45, 2.75) is 13.8 Å². The molecular formula is C13H12N4O2S. The average molecular weight is 288 g/mol. The molecule has 3 aromatic heterocycles. The molecular weight excluding hydrogens is 276 g/mol. The topological polar surface area (TPSA) is 72.4 Å². The van der Waals surface area contributed by atoms with E-state index in [-0.39, 0.29) is 0 Å². The van der Waals surface area contributed by atoms with Gasteiger partial charge in [0.15, 0.2) is 10.8 Å². The van der Waals surface area contributed by atoms with Gasteiger partial charge in [0.05, 0.1) is 11.4 Å². The minimum absolute atomic E-state index is 0.687. The van der Waals surface area contributed by atoms with Crippen molar-refractivity contribution < 1.29 is 9.90 Å². The Hall–Kier alpha value is -2.41. The van der Waals surface area contributed by atoms with Crippen LogP contribution in [0.2, 0.25) is 0 Å². The summed E-state index contributed by atoms with van der Waals surface area (Å²) in [5.74, 6) is -0.299. The summed E-state index contributed by atoms with van der Waals surface area (Å²) >= 11 is 1.50. The summed E-state index contributed by atoms with van der Waals surface area (Å²) in [5.41, 5.74) is 2.64. The van der Waals surface area contributed by atoms with Crippen molar-refractivity contribution in [3.8, 4) is 5.82 Å². The monoisotopic (exact) mass is 288 g/mol. The maximum absolute atomic E-state index is 10.8. The molecule has 0 amide bonds. The van der Waals surface area contributed by atoms with E-state index in [1.54, 1.807) is 12.4 Å². The van der Waals surface area contributed by atoms with Gasteiger partial charge in [0.25, 0.3) is 0 Å². The van der Waals surface area contributed by atoms with E-state index < -0.39 is 5.97 Å². The molecule has 7 heteroatoms. The Balaban J connectivity index is 2.24. The minimum atomic E-state index is -0.986. The van der Waals surface area contributed by atoms with Gasteiger partial charge in [-0.2, -0.15) is 0 Å². The predicted molar refractivity (Wildman–Crippen MR) is 76.3 cm³/mol. The number of carbonyl (C=O) groups is 1. The van der Waals surface area contributed by atoms with Crippen LogP contribution < -0.4 is 0 Å². The Labute approximate surface area is 118 Å². The molecule has 0 aliphatic heterocycles. The number of fused-ring (bicyclic) bond motifs is 1. The molecule has 0 saturated carbocycles. The fourth-order valence-corrected chi connectivity index (χ4v) is 2.70. The lowest BCUT2D eigenvalue weighted by Crippen LogP contribution is -1.99. The van der Waals surface area contributed by atoms with Gasteiger partial charge in [-0.1, -0.05) is 0 Å². The molecule has 3 heterocycles. The smallest absolute Gasteiger partial charge is 0.328 e. The lowest BCUT2D eigenvalue weighted by atomic mass is 10.3. The van der Waals surface area contributed by atoms with Crippen LogP contribution in [0.15, 0.2) is 24.0 Å². The minimum Gasteiger partial charge on any atom is -0.478 e. The third-order valence-electron chi connectivity index (χ3n) is 3.14. The summed E-state index contributed by atoms with van der Waals surface area (Å²) in [6.07, 6.45) is 6.25. The first-order valence-electron chi connectivity index (χ1n) is 5.95. The van der Waals surface area contributed by atoms with Crippen LogP contribution in [0.3, 0.4) is 0 Å². The van der Waals surface area contributed by atoms with Gasteiger partial charge in [-0.05, 0) is 19.9 Å². The molecule has 0 aromatic carbocycles. The number of carboxylic acids is 1. The van der Waals surface area contributed by atoms with Crippen molar-refractivity contribution in [2.75, 3.05) is 0 Å². The second-order valence-corrected chi connectivity index (χ2v) is 5.21. The molecule has 102 valence electrons. The van der Waals surface area contributed by atoms with Gasteiger partial charge >= 0.3 is 5.97 Å². The second kappa shape index (κ2) is 4.61. The Kier molecular flexibility index (Phi) is 2.90. The maximum atomic E-state index is 10.8. The molecule has 0 fully saturated rings. The molecule has 0 aliphatic carbocycles. The molecule has 0 aliphatic rings. The molecule has 6 nitrogen and oxygen atoms in total. The van der Waals surface area contributed by atoms with E-state index in [2.05, 4.69) is 9.97 Å². The van der Waals surface area contributed by atoms with E-state index >= 15 is 0 Å². The second-order valence-electron chi connectivity index (χ2n) is 4.33. The number of aromatic nitrogens is 4. The summed E-state index contributed by atoms with van der Waals surface area (Å²) in [6.45, 7) is 3.89. The molecule has 0 radical (unpaired) electrons. The van der Waals surface area contributed by atoms with Crippen molar-refractivity contribution in [3.63, 3.8) is 0 Å². The first kappa shape index (κ1) is 12.6. The number of imidazole rings is 2. The first-order valence-corrected chi connectivity index (χ1v) is 6.83. The molecule has 20 heavy (non-hydrogen) atoms. The lowest BCUT2D eigenvalue weighted by Gasteiger charge is -2.03. The van der Waals surface area contributed by atoms with Gasteiger partial charge in [0.2, 0.25) is 0 Å². The summed E-state index contributed by atoms with van der Waals surface area (Å²) < 4.78 is 3.74. The zero-order valence-electron chi connectivity index (χ0n) is 10.9. The van der Waals surface area contributed by atoms with Gasteiger partial charge in [-0.25, -0.2) is 14.8 Å². The number of carboxylic acid groups (broad SMARTS) is 1. The van der Waals surface area contributed by atoms with E-state index in [1.165, 1.54) is 11.3 Å². The Morgan fingerprint density at radius 2 is 2.25 bits per heavy atom. The van der Waals surface area contributed by atoms with Crippen LogP contribution >= 0.6 is 11.3 Å². The standard InChI is InChI=1S/C13H12N4O2S/c1-8-9(2)17(7-14-8)12-10(3-4-11(18)19)16-5-6-20-13(16)15-12/h3-7H,1-2H3,(H,18,19). The SMILES string of the molecule is Cc1ncn(-c2nc3sccn3c2C=CC(=O)O)c1C. The van der Waals surface area contributed by atoms with Crippen LogP contribution in [-0.2, 0) is 4.79 Å². The number of hydrogen-bond donors (Lipinski definition) is 1. The Morgan fingerprint density at radius 1 is 1.45 bits per heavy atom. The van der Waals surface area contributed by atoms with Gasteiger partial charge in [0, 0.05) is 23.3 Å². The fraction of sp³-hybridized carbons (Fsp3) is 0.154. The van der Waals surface area contributed by atoms with Crippen LogP contribution in [-0.4, -0.2) is 30.0 Å². The average Bonchev–Trinajstić information content (AvgIpc) is 3.04. The summed E-state index contributed by atoms with van der Waals surface area (Å²) in [4.78, 5) is 20.4. The van der Waals surface area contributed by atoms with Gasteiger partial charge in [0.1, 0.15) is 6.33 Å². The lowest BCUT2D eigenvalue weighted by molar-refractivity contribution is -0.131. The molecule has 0 unspecified atom stereocenters. The molecule has 0 atom stereocenters. The maximum Gasteiger partial charge on any atom is 0.328 e. The predicted octanol–water partition coefficient (Wildman–Crippen LogP) is 2.30. The van der Waals surface area contributed by atoms with Crippen molar-refractivity contribution in [1.29, 1.82) is 0 Å². The highest BCUT2D eigenvalue weighted by Crippen LogP contribution is 2.23. The van der Waals surface area contributed by atoms with Crippen molar-refractivity contribution in [1.82, 2.24) is 18.9 Å². The number of hydrogen-bond acceptors (Lipinski definition) is 4. The number of aliphatic carboxylic acids is 1. The third-order valence-corrected chi connectivity index (χ3v) is 3.90. The quantitative estimate of drug-likeness (QED) is 0.751. The Bertz CT molecular complexity index is 825. The zero-order valence-corrected chi connectivity index (χ0v) is 11.8. The van der Waals surface area contributed by atoms with Crippen LogP contribution in [0, 0.1) is 13.8 Å². The number of aryl methyl sites for hydroxylation is 1. The number of rotatable bonds is 3. The molecule has 0 saturated heterocycles. The van der Waals surface area contributed by atoms with E-state index in [4.69, 9.17) is 5.11 Å². The molecule has 3 aromatic rings. The fourth-order valence-electron chi connectivity index (χ4n) is 1.99. The zero-order chi connectivity index (χ0) is 14.3. The van der Waals surface area contributed by atoms with Crippen LogP contribution in [0.4, 0.5) is 0 Å². The molecule has 3 rings (SSSR count). The van der Waals surface area contributed by atoms with E-state index in [1.807, 2.05) is 34.4 Å². The Morgan fingerprint density at radius 3 is 2.90 bits per heavy atom. The van der Waals surface area contributed by atoms with E-state index in [0.717, 1.165) is 28.1 Å². The largest absolute Gasteiger partial charge is 0.478 e. The van der Waals surface area contributed by atoms with Crippen LogP contribution in [0.25, 0.3) is 16.9 Å². The number of thiazole rings is 1.